The van der Waals surface area contributed by atoms with Crippen LogP contribution in [0.5, 0.6) is 0 Å². The lowest BCUT2D eigenvalue weighted by molar-refractivity contribution is -0.0451. The molecule has 0 aliphatic carbocycles. The molecule has 2 N–H and O–H groups in total. The molecular weight excluding hydrogens is 268 g/mol. The Kier molecular flexibility index (Phi) is 4.59. The highest BCUT2D eigenvalue weighted by molar-refractivity contribution is 5.01. The van der Waals surface area contributed by atoms with Crippen LogP contribution >= 0.6 is 0 Å². The van der Waals surface area contributed by atoms with Gasteiger partial charge in [-0.05, 0) is 19.3 Å². The van der Waals surface area contributed by atoms with Crippen molar-refractivity contribution in [2.75, 3.05) is 33.4 Å². The average molecular weight is 294 g/mol. The van der Waals surface area contributed by atoms with E-state index in [2.05, 4.69) is 14.5 Å². The zero-order chi connectivity index (χ0) is 14.7. The predicted molar refractivity (Wildman–Crippen MR) is 79.9 cm³/mol. The Morgan fingerprint density at radius 3 is 2.95 bits per heavy atom. The fraction of sp³-hybridized carbons (Fsp3) is 0.800. The summed E-state index contributed by atoms with van der Waals surface area (Å²) in [5, 5.41) is 0. The number of methoxy groups -OCH3 is 1. The molecule has 2 fully saturated rings. The van der Waals surface area contributed by atoms with E-state index in [4.69, 9.17) is 15.2 Å². The van der Waals surface area contributed by atoms with E-state index in [1.165, 1.54) is 5.69 Å². The summed E-state index contributed by atoms with van der Waals surface area (Å²) < 4.78 is 13.3. The van der Waals surface area contributed by atoms with E-state index >= 15 is 0 Å². The average Bonchev–Trinajstić information content (AvgIpc) is 3.07. The number of rotatable bonds is 5. The van der Waals surface area contributed by atoms with Gasteiger partial charge in [0, 0.05) is 45.5 Å². The molecule has 0 saturated carbocycles. The largest absolute Gasteiger partial charge is 0.383 e. The first-order chi connectivity index (χ1) is 10.2. The van der Waals surface area contributed by atoms with Crippen molar-refractivity contribution in [3.8, 4) is 0 Å². The van der Waals surface area contributed by atoms with Crippen molar-refractivity contribution >= 4 is 0 Å². The molecule has 6 heteroatoms. The molecule has 3 rings (SSSR count). The maximum atomic E-state index is 5.99. The van der Waals surface area contributed by atoms with E-state index in [0.717, 1.165) is 58.7 Å². The number of aromatic nitrogens is 2. The lowest BCUT2D eigenvalue weighted by Crippen LogP contribution is -2.44. The number of hydrogen-bond donors (Lipinski definition) is 1. The monoisotopic (exact) mass is 294 g/mol. The lowest BCUT2D eigenvalue weighted by Gasteiger charge is -2.38. The van der Waals surface area contributed by atoms with Crippen LogP contribution in [-0.2, 0) is 22.6 Å². The molecule has 1 aromatic rings. The Morgan fingerprint density at radius 2 is 2.29 bits per heavy atom. The van der Waals surface area contributed by atoms with Gasteiger partial charge in [0.1, 0.15) is 0 Å². The first-order valence-corrected chi connectivity index (χ1v) is 7.81. The number of likely N-dealkylation sites (tertiary alicyclic amines) is 1. The van der Waals surface area contributed by atoms with Gasteiger partial charge in [0.25, 0.3) is 0 Å². The molecule has 118 valence electrons. The quantitative estimate of drug-likeness (QED) is 0.862. The van der Waals surface area contributed by atoms with Gasteiger partial charge in [-0.2, -0.15) is 0 Å². The van der Waals surface area contributed by atoms with Gasteiger partial charge in [0.15, 0.2) is 0 Å². The van der Waals surface area contributed by atoms with Gasteiger partial charge in [0.05, 0.1) is 30.8 Å². The Labute approximate surface area is 126 Å². The molecule has 1 aromatic heterocycles. The second kappa shape index (κ2) is 6.44. The Balaban J connectivity index is 1.52. The van der Waals surface area contributed by atoms with E-state index < -0.39 is 0 Å². The Morgan fingerprint density at radius 1 is 1.48 bits per heavy atom. The first-order valence-electron chi connectivity index (χ1n) is 7.81. The zero-order valence-corrected chi connectivity index (χ0v) is 12.8. The summed E-state index contributed by atoms with van der Waals surface area (Å²) in [5.41, 5.74) is 7.31. The lowest BCUT2D eigenvalue weighted by atomic mass is 9.87. The molecule has 3 heterocycles. The van der Waals surface area contributed by atoms with Crippen LogP contribution in [0.3, 0.4) is 0 Å². The number of piperidine rings is 1. The van der Waals surface area contributed by atoms with Gasteiger partial charge >= 0.3 is 0 Å². The summed E-state index contributed by atoms with van der Waals surface area (Å²) in [6.07, 6.45) is 7.05. The highest BCUT2D eigenvalue weighted by Crippen LogP contribution is 2.35. The molecule has 1 spiro atoms. The molecule has 0 amide bonds. The number of nitrogens with two attached hydrogens (primary N) is 1. The van der Waals surface area contributed by atoms with Gasteiger partial charge in [-0.25, -0.2) is 4.98 Å². The summed E-state index contributed by atoms with van der Waals surface area (Å²) in [4.78, 5) is 6.75. The third kappa shape index (κ3) is 3.45. The summed E-state index contributed by atoms with van der Waals surface area (Å²) >= 11 is 0. The molecule has 1 atom stereocenters. The second-order valence-electron chi connectivity index (χ2n) is 6.31. The maximum Gasteiger partial charge on any atom is 0.0949 e. The van der Waals surface area contributed by atoms with Crippen molar-refractivity contribution in [1.29, 1.82) is 0 Å². The van der Waals surface area contributed by atoms with Crippen molar-refractivity contribution < 1.29 is 9.47 Å². The number of hydrogen-bond acceptors (Lipinski definition) is 5. The highest BCUT2D eigenvalue weighted by Gasteiger charge is 2.41. The van der Waals surface area contributed by atoms with Gasteiger partial charge < -0.3 is 19.8 Å². The number of ether oxygens (including phenoxy) is 2. The summed E-state index contributed by atoms with van der Waals surface area (Å²) in [6.45, 7) is 5.40. The Hall–Kier alpha value is -0.950. The third-order valence-electron chi connectivity index (χ3n) is 4.73. The molecule has 21 heavy (non-hydrogen) atoms. The van der Waals surface area contributed by atoms with Crippen molar-refractivity contribution in [2.45, 2.75) is 44.0 Å². The van der Waals surface area contributed by atoms with Crippen LogP contribution in [-0.4, -0.2) is 59.5 Å². The standard InChI is InChI=1S/C15H26N4O2/c1-20-7-6-19-12-17-9-14(19)10-18-4-2-15(3-5-18)8-13(16)11-21-15/h9,12-13H,2-8,10-11,16H2,1H3. The molecule has 0 aromatic carbocycles. The number of imidazole rings is 1. The van der Waals surface area contributed by atoms with Crippen LogP contribution in [0.1, 0.15) is 25.0 Å². The van der Waals surface area contributed by atoms with E-state index in [0.29, 0.717) is 0 Å². The molecule has 6 nitrogen and oxygen atoms in total. The minimum Gasteiger partial charge on any atom is -0.383 e. The smallest absolute Gasteiger partial charge is 0.0949 e. The predicted octanol–water partition coefficient (Wildman–Crippen LogP) is 0.612. The highest BCUT2D eigenvalue weighted by atomic mass is 16.5. The van der Waals surface area contributed by atoms with Gasteiger partial charge in [0.2, 0.25) is 0 Å². The summed E-state index contributed by atoms with van der Waals surface area (Å²) in [7, 11) is 1.73. The molecule has 0 bridgehead atoms. The van der Waals surface area contributed by atoms with Crippen LogP contribution in [0.25, 0.3) is 0 Å². The topological polar surface area (TPSA) is 65.5 Å². The number of nitrogens with zero attached hydrogens (tertiary/aromatic N) is 3. The summed E-state index contributed by atoms with van der Waals surface area (Å²) in [5.74, 6) is 0. The van der Waals surface area contributed by atoms with Gasteiger partial charge in [-0.1, -0.05) is 0 Å². The van der Waals surface area contributed by atoms with Crippen LogP contribution in [0.4, 0.5) is 0 Å². The van der Waals surface area contributed by atoms with Crippen LogP contribution in [0.15, 0.2) is 12.5 Å². The van der Waals surface area contributed by atoms with Crippen molar-refractivity contribution in [3.63, 3.8) is 0 Å². The molecule has 0 radical (unpaired) electrons. The maximum absolute atomic E-state index is 5.99. The first kappa shape index (κ1) is 15.0. The van der Waals surface area contributed by atoms with Crippen molar-refractivity contribution in [1.82, 2.24) is 14.5 Å². The van der Waals surface area contributed by atoms with Gasteiger partial charge in [-0.15, -0.1) is 0 Å². The van der Waals surface area contributed by atoms with Crippen molar-refractivity contribution in [3.05, 3.63) is 18.2 Å². The van der Waals surface area contributed by atoms with E-state index in [1.54, 1.807) is 7.11 Å². The van der Waals surface area contributed by atoms with Crippen LogP contribution < -0.4 is 5.73 Å². The van der Waals surface area contributed by atoms with Crippen molar-refractivity contribution in [2.24, 2.45) is 5.73 Å². The molecule has 2 saturated heterocycles. The van der Waals surface area contributed by atoms with Gasteiger partial charge in [-0.3, -0.25) is 4.90 Å². The normalized spacial score (nSPS) is 25.7. The van der Waals surface area contributed by atoms with E-state index in [9.17, 15) is 0 Å². The molecule has 1 unspecified atom stereocenters. The Bertz CT molecular complexity index is 454. The van der Waals surface area contributed by atoms with Crippen LogP contribution in [0.2, 0.25) is 0 Å². The molecule has 2 aliphatic heterocycles. The molecule has 2 aliphatic rings. The molecular formula is C15H26N4O2. The third-order valence-corrected chi connectivity index (χ3v) is 4.73. The minimum atomic E-state index is 0.0617. The van der Waals surface area contributed by atoms with E-state index in [-0.39, 0.29) is 11.6 Å². The van der Waals surface area contributed by atoms with Crippen LogP contribution in [0, 0.1) is 0 Å². The SMILES string of the molecule is COCCn1cncc1CN1CCC2(CC1)CC(N)CO2. The second-order valence-corrected chi connectivity index (χ2v) is 6.31. The summed E-state index contributed by atoms with van der Waals surface area (Å²) in [6, 6.07) is 0.229. The fourth-order valence-electron chi connectivity index (χ4n) is 3.45. The fourth-order valence-corrected chi connectivity index (χ4v) is 3.45. The van der Waals surface area contributed by atoms with E-state index in [1.807, 2.05) is 12.5 Å². The zero-order valence-electron chi connectivity index (χ0n) is 12.8. The minimum absolute atomic E-state index is 0.0617.